The van der Waals surface area contributed by atoms with Crippen LogP contribution < -0.4 is 14.2 Å². The predicted molar refractivity (Wildman–Crippen MR) is 116 cm³/mol. The van der Waals surface area contributed by atoms with Gasteiger partial charge in [-0.2, -0.15) is 13.2 Å². The number of nitrogens with zero attached hydrogens (tertiary/aromatic N) is 2. The number of hydrogen-bond donors (Lipinski definition) is 0. The topological polar surface area (TPSA) is 53.1 Å². The van der Waals surface area contributed by atoms with Crippen molar-refractivity contribution in [3.8, 4) is 17.4 Å². The quantitative estimate of drug-likeness (QED) is 0.483. The normalized spacial score (nSPS) is 31.1. The number of likely N-dealkylation sites (N-methyl/N-ethyl adjacent to an activating group) is 1. The van der Waals surface area contributed by atoms with Gasteiger partial charge < -0.3 is 23.8 Å². The van der Waals surface area contributed by atoms with Gasteiger partial charge in [0.1, 0.15) is 11.7 Å². The SMILES string of the molecule is COCOc1ccc2c3c1OC1C(Oc4ncccc4C(F)(F)F)C=C[C@H]4[C@@H](C2)N(C)CC[C@]314. The van der Waals surface area contributed by atoms with E-state index in [1.54, 1.807) is 7.11 Å². The van der Waals surface area contributed by atoms with E-state index >= 15 is 0 Å². The number of ether oxygens (including phenoxy) is 4. The maximum Gasteiger partial charge on any atom is 0.421 e. The molecule has 2 aromatic rings. The first-order valence-corrected chi connectivity index (χ1v) is 11.4. The van der Waals surface area contributed by atoms with Gasteiger partial charge in [-0.3, -0.25) is 0 Å². The highest BCUT2D eigenvalue weighted by molar-refractivity contribution is 5.62. The van der Waals surface area contributed by atoms with Gasteiger partial charge in [0.15, 0.2) is 24.4 Å². The minimum atomic E-state index is -4.57. The van der Waals surface area contributed by atoms with Crippen LogP contribution in [0.1, 0.15) is 23.1 Å². The van der Waals surface area contributed by atoms with Crippen molar-refractivity contribution in [2.24, 2.45) is 5.92 Å². The molecule has 5 atom stereocenters. The summed E-state index contributed by atoms with van der Waals surface area (Å²) in [6.07, 6.45) is 1.15. The van der Waals surface area contributed by atoms with Crippen LogP contribution in [-0.4, -0.2) is 55.6 Å². The van der Waals surface area contributed by atoms with Crippen LogP contribution in [0.4, 0.5) is 13.2 Å². The zero-order valence-corrected chi connectivity index (χ0v) is 18.8. The Morgan fingerprint density at radius 3 is 2.88 bits per heavy atom. The lowest BCUT2D eigenvalue weighted by molar-refractivity contribution is -0.140. The average molecular weight is 474 g/mol. The molecule has 6 rings (SSSR count). The Labute approximate surface area is 195 Å². The zero-order chi connectivity index (χ0) is 23.7. The van der Waals surface area contributed by atoms with Crippen LogP contribution >= 0.6 is 0 Å². The summed E-state index contributed by atoms with van der Waals surface area (Å²) in [6, 6.07) is 6.50. The molecule has 34 heavy (non-hydrogen) atoms. The minimum absolute atomic E-state index is 0.0721. The summed E-state index contributed by atoms with van der Waals surface area (Å²) in [6.45, 7) is 0.934. The van der Waals surface area contributed by atoms with Crippen molar-refractivity contribution in [3.63, 3.8) is 0 Å². The molecule has 2 bridgehead atoms. The molecular formula is C25H25F3N2O4. The van der Waals surface area contributed by atoms with Crippen LogP contribution in [0.3, 0.4) is 0 Å². The lowest BCUT2D eigenvalue weighted by Crippen LogP contribution is -2.65. The molecular weight excluding hydrogens is 449 g/mol. The van der Waals surface area contributed by atoms with E-state index < -0.39 is 35.2 Å². The number of methoxy groups -OCH3 is 1. The smallest absolute Gasteiger partial charge is 0.421 e. The van der Waals surface area contributed by atoms with Crippen molar-refractivity contribution < 1.29 is 32.1 Å². The highest BCUT2D eigenvalue weighted by Gasteiger charge is 2.65. The van der Waals surface area contributed by atoms with Gasteiger partial charge in [0, 0.05) is 36.2 Å². The Balaban J connectivity index is 1.46. The molecule has 1 spiro atoms. The Morgan fingerprint density at radius 1 is 1.24 bits per heavy atom. The molecule has 2 aliphatic carbocycles. The summed E-state index contributed by atoms with van der Waals surface area (Å²) in [7, 11) is 3.68. The zero-order valence-electron chi connectivity index (χ0n) is 18.8. The number of pyridine rings is 1. The van der Waals surface area contributed by atoms with Gasteiger partial charge >= 0.3 is 6.18 Å². The third-order valence-electron chi connectivity index (χ3n) is 7.77. The van der Waals surface area contributed by atoms with E-state index in [2.05, 4.69) is 29.1 Å². The molecule has 1 aromatic heterocycles. The van der Waals surface area contributed by atoms with Crippen molar-refractivity contribution in [2.75, 3.05) is 27.5 Å². The summed E-state index contributed by atoms with van der Waals surface area (Å²) in [5, 5.41) is 0. The maximum absolute atomic E-state index is 13.6. The first-order chi connectivity index (χ1) is 16.3. The van der Waals surface area contributed by atoms with Gasteiger partial charge in [-0.05, 0) is 56.3 Å². The molecule has 2 aliphatic heterocycles. The first-order valence-electron chi connectivity index (χ1n) is 11.4. The van der Waals surface area contributed by atoms with Crippen molar-refractivity contribution in [1.82, 2.24) is 9.88 Å². The molecule has 3 heterocycles. The van der Waals surface area contributed by atoms with Gasteiger partial charge in [-0.15, -0.1) is 0 Å². The fourth-order valence-electron chi connectivity index (χ4n) is 6.38. The number of hydrogen-bond acceptors (Lipinski definition) is 6. The fraction of sp³-hybridized carbons (Fsp3) is 0.480. The lowest BCUT2D eigenvalue weighted by Gasteiger charge is -2.56. The van der Waals surface area contributed by atoms with Crippen LogP contribution in [0.15, 0.2) is 42.6 Å². The van der Waals surface area contributed by atoms with Crippen LogP contribution in [-0.2, 0) is 22.7 Å². The van der Waals surface area contributed by atoms with E-state index in [0.29, 0.717) is 11.5 Å². The van der Waals surface area contributed by atoms with Gasteiger partial charge in [0.25, 0.3) is 0 Å². The third kappa shape index (κ3) is 2.99. The monoisotopic (exact) mass is 474 g/mol. The van der Waals surface area contributed by atoms with Crippen molar-refractivity contribution in [2.45, 2.75) is 42.7 Å². The van der Waals surface area contributed by atoms with E-state index in [1.165, 1.54) is 17.8 Å². The maximum atomic E-state index is 13.6. The molecule has 1 fully saturated rings. The standard InChI is InChI=1S/C25H25F3N2O4/c1-30-11-9-24-15-6-8-19(33-23-16(25(26,27)28)4-3-10-29-23)22(24)34-21-18(32-13-31-2)7-5-14(20(21)24)12-17(15)30/h3-8,10,15,17,19,22H,9,11-13H2,1-2H3/t15-,17+,19?,22?,24-/m0/s1. The molecule has 0 amide bonds. The largest absolute Gasteiger partial charge is 0.481 e. The van der Waals surface area contributed by atoms with E-state index in [-0.39, 0.29) is 18.8 Å². The molecule has 0 saturated carbocycles. The number of likely N-dealkylation sites (tertiary alicyclic amines) is 1. The van der Waals surface area contributed by atoms with Crippen LogP contribution in [0, 0.1) is 5.92 Å². The van der Waals surface area contributed by atoms with Crippen LogP contribution in [0.5, 0.6) is 17.4 Å². The third-order valence-corrected chi connectivity index (χ3v) is 7.77. The lowest BCUT2D eigenvalue weighted by atomic mass is 9.53. The van der Waals surface area contributed by atoms with E-state index in [4.69, 9.17) is 18.9 Å². The number of halogens is 3. The predicted octanol–water partition coefficient (Wildman–Crippen LogP) is 3.98. The summed E-state index contributed by atoms with van der Waals surface area (Å²) in [4.78, 5) is 6.29. The highest BCUT2D eigenvalue weighted by Crippen LogP contribution is 2.62. The molecule has 1 saturated heterocycles. The molecule has 6 nitrogen and oxygen atoms in total. The Kier molecular flexibility index (Phi) is 4.87. The van der Waals surface area contributed by atoms with Gasteiger partial charge in [0.2, 0.25) is 5.88 Å². The summed E-state index contributed by atoms with van der Waals surface area (Å²) in [5.41, 5.74) is 1.00. The fourth-order valence-corrected chi connectivity index (χ4v) is 6.38. The number of benzene rings is 1. The Hall–Kier alpha value is -2.78. The molecule has 2 unspecified atom stereocenters. The second kappa shape index (κ2) is 7.61. The summed E-state index contributed by atoms with van der Waals surface area (Å²) >= 11 is 0. The van der Waals surface area contributed by atoms with Crippen LogP contribution in [0.25, 0.3) is 0 Å². The van der Waals surface area contributed by atoms with Gasteiger partial charge in [0.05, 0.1) is 0 Å². The number of alkyl halides is 3. The molecule has 180 valence electrons. The Bertz CT molecular complexity index is 1150. The van der Waals surface area contributed by atoms with Crippen molar-refractivity contribution >= 4 is 0 Å². The van der Waals surface area contributed by atoms with Crippen molar-refractivity contribution in [3.05, 3.63) is 59.3 Å². The van der Waals surface area contributed by atoms with E-state index in [9.17, 15) is 13.2 Å². The van der Waals surface area contributed by atoms with Crippen molar-refractivity contribution in [1.29, 1.82) is 0 Å². The first kappa shape index (κ1) is 21.7. The Morgan fingerprint density at radius 2 is 2.09 bits per heavy atom. The van der Waals surface area contributed by atoms with Crippen LogP contribution in [0.2, 0.25) is 0 Å². The molecule has 0 N–H and O–H groups in total. The molecule has 4 aliphatic rings. The average Bonchev–Trinajstić information content (AvgIpc) is 3.16. The molecule has 1 aromatic carbocycles. The number of aromatic nitrogens is 1. The minimum Gasteiger partial charge on any atom is -0.481 e. The molecule has 0 radical (unpaired) electrons. The number of rotatable bonds is 5. The van der Waals surface area contributed by atoms with E-state index in [0.717, 1.165) is 31.0 Å². The van der Waals surface area contributed by atoms with E-state index in [1.807, 2.05) is 12.1 Å². The summed E-state index contributed by atoms with van der Waals surface area (Å²) in [5.74, 6) is 0.957. The second-order valence-electron chi connectivity index (χ2n) is 9.41. The second-order valence-corrected chi connectivity index (χ2v) is 9.41. The molecule has 9 heteroatoms. The highest BCUT2D eigenvalue weighted by atomic mass is 19.4. The van der Waals surface area contributed by atoms with Gasteiger partial charge in [-0.25, -0.2) is 4.98 Å². The summed E-state index contributed by atoms with van der Waals surface area (Å²) < 4.78 is 64.3. The van der Waals surface area contributed by atoms with Gasteiger partial charge in [-0.1, -0.05) is 12.1 Å². The number of piperidine rings is 1.